The molecule has 2 amide bonds. The van der Waals surface area contributed by atoms with E-state index in [1.807, 2.05) is 6.92 Å². The van der Waals surface area contributed by atoms with Gasteiger partial charge in [0.15, 0.2) is 0 Å². The Morgan fingerprint density at radius 2 is 1.82 bits per heavy atom. The quantitative estimate of drug-likeness (QED) is 0.487. The lowest BCUT2D eigenvalue weighted by atomic mass is 10.1. The molecule has 3 aromatic rings. The van der Waals surface area contributed by atoms with Crippen molar-refractivity contribution in [2.45, 2.75) is 20.8 Å². The Balaban J connectivity index is 1.69. The van der Waals surface area contributed by atoms with Crippen molar-refractivity contribution < 1.29 is 23.9 Å². The minimum absolute atomic E-state index is 0.0878. The number of esters is 1. The molecule has 178 valence electrons. The summed E-state index contributed by atoms with van der Waals surface area (Å²) in [5.74, 6) is -0.370. The van der Waals surface area contributed by atoms with E-state index in [0.717, 1.165) is 0 Å². The number of hydrogen-bond acceptors (Lipinski definition) is 6. The Hall–Kier alpha value is -4.14. The normalized spacial score (nSPS) is 10.5. The first-order chi connectivity index (χ1) is 16.4. The van der Waals surface area contributed by atoms with Crippen molar-refractivity contribution in [1.82, 2.24) is 14.7 Å². The number of nitrogens with one attached hydrogen (secondary N) is 1. The topological polar surface area (TPSA) is 103 Å². The first-order valence-electron chi connectivity index (χ1n) is 10.9. The molecule has 9 heteroatoms. The minimum atomic E-state index is -0.427. The summed E-state index contributed by atoms with van der Waals surface area (Å²) < 4.78 is 11.8. The van der Waals surface area contributed by atoms with Crippen molar-refractivity contribution in [1.29, 1.82) is 0 Å². The molecule has 0 unspecified atom stereocenters. The maximum absolute atomic E-state index is 13.0. The highest BCUT2D eigenvalue weighted by atomic mass is 16.5. The lowest BCUT2D eigenvalue weighted by Gasteiger charge is -2.20. The van der Waals surface area contributed by atoms with Crippen molar-refractivity contribution in [3.63, 3.8) is 0 Å². The molecule has 0 radical (unpaired) electrons. The zero-order chi connectivity index (χ0) is 24.7. The highest BCUT2D eigenvalue weighted by Crippen LogP contribution is 2.18. The molecule has 0 aliphatic heterocycles. The van der Waals surface area contributed by atoms with Gasteiger partial charge in [-0.25, -0.2) is 9.48 Å². The molecule has 0 aliphatic carbocycles. The third kappa shape index (κ3) is 5.61. The summed E-state index contributed by atoms with van der Waals surface area (Å²) in [5, 5.41) is 7.05. The first-order valence-corrected chi connectivity index (χ1v) is 10.9. The van der Waals surface area contributed by atoms with E-state index in [2.05, 4.69) is 10.4 Å². The number of carbonyl (C=O) groups is 3. The van der Waals surface area contributed by atoms with Gasteiger partial charge in [-0.1, -0.05) is 6.07 Å². The van der Waals surface area contributed by atoms with E-state index in [1.54, 1.807) is 74.2 Å². The summed E-state index contributed by atoms with van der Waals surface area (Å²) >= 11 is 0. The second kappa shape index (κ2) is 11.1. The lowest BCUT2D eigenvalue weighted by Crippen LogP contribution is -2.37. The lowest BCUT2D eigenvalue weighted by molar-refractivity contribution is -0.116. The van der Waals surface area contributed by atoms with Gasteiger partial charge < -0.3 is 19.7 Å². The smallest absolute Gasteiger partial charge is 0.341 e. The average molecular weight is 465 g/mol. The van der Waals surface area contributed by atoms with Crippen LogP contribution in [0.3, 0.4) is 0 Å². The van der Waals surface area contributed by atoms with Gasteiger partial charge in [-0.05, 0) is 57.2 Å². The van der Waals surface area contributed by atoms with Gasteiger partial charge >= 0.3 is 5.97 Å². The number of methoxy groups -OCH3 is 1. The van der Waals surface area contributed by atoms with Gasteiger partial charge in [0.05, 0.1) is 31.3 Å². The number of ether oxygens (including phenoxy) is 2. The maximum Gasteiger partial charge on any atom is 0.341 e. The van der Waals surface area contributed by atoms with Crippen LogP contribution < -0.4 is 10.1 Å². The van der Waals surface area contributed by atoms with Gasteiger partial charge in [-0.3, -0.25) is 9.59 Å². The summed E-state index contributed by atoms with van der Waals surface area (Å²) in [6, 6.07) is 13.8. The van der Waals surface area contributed by atoms with Crippen LogP contribution >= 0.6 is 0 Å². The van der Waals surface area contributed by atoms with Gasteiger partial charge in [-0.15, -0.1) is 0 Å². The van der Waals surface area contributed by atoms with E-state index in [4.69, 9.17) is 9.47 Å². The van der Waals surface area contributed by atoms with Crippen molar-refractivity contribution >= 4 is 23.5 Å². The number of benzene rings is 2. The van der Waals surface area contributed by atoms with E-state index in [9.17, 15) is 14.4 Å². The molecule has 1 heterocycles. The number of aromatic nitrogens is 2. The fraction of sp³-hybridized carbons (Fsp3) is 0.280. The molecule has 0 atom stereocenters. The van der Waals surface area contributed by atoms with Crippen molar-refractivity contribution in [3.8, 4) is 11.4 Å². The third-order valence-corrected chi connectivity index (χ3v) is 5.22. The molecule has 34 heavy (non-hydrogen) atoms. The van der Waals surface area contributed by atoms with E-state index in [-0.39, 0.29) is 25.0 Å². The fourth-order valence-corrected chi connectivity index (χ4v) is 3.41. The van der Waals surface area contributed by atoms with E-state index in [0.29, 0.717) is 40.5 Å². The summed E-state index contributed by atoms with van der Waals surface area (Å²) in [7, 11) is 1.55. The van der Waals surface area contributed by atoms with Crippen LogP contribution in [0.15, 0.2) is 54.7 Å². The molecule has 0 saturated heterocycles. The van der Waals surface area contributed by atoms with E-state index < -0.39 is 5.97 Å². The molecule has 0 aliphatic rings. The van der Waals surface area contributed by atoms with E-state index in [1.165, 1.54) is 11.1 Å². The number of amides is 2. The molecule has 9 nitrogen and oxygen atoms in total. The highest BCUT2D eigenvalue weighted by Gasteiger charge is 2.19. The minimum Gasteiger partial charge on any atom is -0.497 e. The number of anilines is 1. The molecule has 3 rings (SSSR count). The molecule has 0 saturated carbocycles. The number of hydrogen-bond donors (Lipinski definition) is 1. The Morgan fingerprint density at radius 3 is 2.47 bits per heavy atom. The summed E-state index contributed by atoms with van der Waals surface area (Å²) in [4.78, 5) is 39.0. The molecule has 0 spiro atoms. The molecule has 0 bridgehead atoms. The van der Waals surface area contributed by atoms with Crippen LogP contribution in [0.5, 0.6) is 5.75 Å². The fourth-order valence-electron chi connectivity index (χ4n) is 3.41. The predicted octanol–water partition coefficient (Wildman–Crippen LogP) is 3.47. The second-order valence-corrected chi connectivity index (χ2v) is 7.42. The predicted molar refractivity (Wildman–Crippen MR) is 127 cm³/mol. The first kappa shape index (κ1) is 24.5. The molecule has 1 aromatic heterocycles. The largest absolute Gasteiger partial charge is 0.497 e. The van der Waals surface area contributed by atoms with Gasteiger partial charge in [0.1, 0.15) is 17.9 Å². The van der Waals surface area contributed by atoms with Gasteiger partial charge in [0.25, 0.3) is 5.91 Å². The van der Waals surface area contributed by atoms with Gasteiger partial charge in [0.2, 0.25) is 5.91 Å². The average Bonchev–Trinajstić information content (AvgIpc) is 3.23. The monoisotopic (exact) mass is 464 g/mol. The number of rotatable bonds is 9. The Bertz CT molecular complexity index is 1170. The standard InChI is InChI=1S/C25H28N4O5/c1-5-28(16-23(30)27-19-8-7-9-21(14-19)33-4)24(31)18-10-12-20(13-11-18)29-17(3)22(15-26-29)25(32)34-6-2/h7-15H,5-6,16H2,1-4H3,(H,27,30). The SMILES string of the molecule is CCOC(=O)c1cnn(-c2ccc(C(=O)N(CC)CC(=O)Nc3cccc(OC)c3)cc2)c1C. The summed E-state index contributed by atoms with van der Waals surface area (Å²) in [5.41, 5.74) is 2.76. The van der Waals surface area contributed by atoms with Crippen molar-refractivity contribution in [2.75, 3.05) is 32.1 Å². The number of carbonyl (C=O) groups excluding carboxylic acids is 3. The zero-order valence-electron chi connectivity index (χ0n) is 19.7. The van der Waals surface area contributed by atoms with Crippen LogP contribution in [0.2, 0.25) is 0 Å². The van der Waals surface area contributed by atoms with Gasteiger partial charge in [0, 0.05) is 23.9 Å². The van der Waals surface area contributed by atoms with Crippen LogP contribution in [0.25, 0.3) is 5.69 Å². The maximum atomic E-state index is 13.0. The molecule has 0 fully saturated rings. The summed E-state index contributed by atoms with van der Waals surface area (Å²) in [6.07, 6.45) is 1.46. The Labute approximate surface area is 198 Å². The second-order valence-electron chi connectivity index (χ2n) is 7.42. The van der Waals surface area contributed by atoms with Crippen LogP contribution in [0, 0.1) is 6.92 Å². The molecule has 2 aromatic carbocycles. The molecule has 1 N–H and O–H groups in total. The highest BCUT2D eigenvalue weighted by molar-refractivity contribution is 5.99. The molecular formula is C25H28N4O5. The Morgan fingerprint density at radius 1 is 1.09 bits per heavy atom. The third-order valence-electron chi connectivity index (χ3n) is 5.22. The van der Waals surface area contributed by atoms with Crippen molar-refractivity contribution in [3.05, 3.63) is 71.5 Å². The summed E-state index contributed by atoms with van der Waals surface area (Å²) in [6.45, 7) is 5.90. The van der Waals surface area contributed by atoms with Crippen LogP contribution in [0.4, 0.5) is 5.69 Å². The number of likely N-dealkylation sites (N-methyl/N-ethyl adjacent to an activating group) is 1. The zero-order valence-corrected chi connectivity index (χ0v) is 19.7. The number of nitrogens with zero attached hydrogens (tertiary/aromatic N) is 3. The van der Waals surface area contributed by atoms with Crippen molar-refractivity contribution in [2.24, 2.45) is 0 Å². The van der Waals surface area contributed by atoms with Crippen LogP contribution in [-0.2, 0) is 9.53 Å². The van der Waals surface area contributed by atoms with E-state index >= 15 is 0 Å². The van der Waals surface area contributed by atoms with Crippen LogP contribution in [-0.4, -0.2) is 59.3 Å². The van der Waals surface area contributed by atoms with Gasteiger partial charge in [-0.2, -0.15) is 5.10 Å². The molecular weight excluding hydrogens is 436 g/mol. The van der Waals surface area contributed by atoms with Crippen LogP contribution in [0.1, 0.15) is 40.3 Å². The Kier molecular flexibility index (Phi) is 8.02.